The van der Waals surface area contributed by atoms with Crippen molar-refractivity contribution in [2.45, 2.75) is 84.0 Å². The molecule has 1 aliphatic rings. The Hall–Kier alpha value is -1.99. The zero-order valence-corrected chi connectivity index (χ0v) is 23.1. The average Bonchev–Trinajstić information content (AvgIpc) is 3.31. The van der Waals surface area contributed by atoms with Crippen molar-refractivity contribution in [2.75, 3.05) is 26.3 Å². The summed E-state index contributed by atoms with van der Waals surface area (Å²) in [5.41, 5.74) is 4.04. The van der Waals surface area contributed by atoms with Crippen LogP contribution in [-0.2, 0) is 33.5 Å². The maximum Gasteiger partial charge on any atom is 0.306 e. The van der Waals surface area contributed by atoms with E-state index in [1.165, 1.54) is 23.3 Å². The van der Waals surface area contributed by atoms with E-state index >= 15 is 0 Å². The lowest BCUT2D eigenvalue weighted by atomic mass is 9.97. The summed E-state index contributed by atoms with van der Waals surface area (Å²) < 4.78 is 25.3. The molecular formula is C30H41ClFNO4. The Balaban J connectivity index is 1.57. The summed E-state index contributed by atoms with van der Waals surface area (Å²) in [6, 6.07) is 11.3. The van der Waals surface area contributed by atoms with Crippen molar-refractivity contribution in [1.29, 1.82) is 0 Å². The van der Waals surface area contributed by atoms with Crippen LogP contribution in [0.2, 0.25) is 5.02 Å². The molecule has 0 aromatic heterocycles. The van der Waals surface area contributed by atoms with E-state index in [0.717, 1.165) is 48.4 Å². The van der Waals surface area contributed by atoms with E-state index in [1.807, 2.05) is 13.0 Å². The molecule has 0 bridgehead atoms. The van der Waals surface area contributed by atoms with Crippen LogP contribution in [0.3, 0.4) is 0 Å². The van der Waals surface area contributed by atoms with Gasteiger partial charge >= 0.3 is 5.97 Å². The molecule has 0 spiro atoms. The number of aryl methyl sites for hydroxylation is 2. The highest BCUT2D eigenvalue weighted by atomic mass is 35.5. The number of benzene rings is 2. The van der Waals surface area contributed by atoms with Crippen molar-refractivity contribution in [3.8, 4) is 0 Å². The molecule has 0 aliphatic carbocycles. The molecule has 1 aliphatic heterocycles. The molecule has 1 saturated heterocycles. The zero-order valence-electron chi connectivity index (χ0n) is 22.3. The molecule has 2 aromatic carbocycles. The molecule has 1 N–H and O–H groups in total. The first kappa shape index (κ1) is 29.6. The smallest absolute Gasteiger partial charge is 0.306 e. The quantitative estimate of drug-likeness (QED) is 0.298. The summed E-state index contributed by atoms with van der Waals surface area (Å²) in [6.07, 6.45) is 4.35. The van der Waals surface area contributed by atoms with Gasteiger partial charge in [0.1, 0.15) is 5.82 Å². The monoisotopic (exact) mass is 533 g/mol. The number of hydrogen-bond acceptors (Lipinski definition) is 5. The van der Waals surface area contributed by atoms with Crippen molar-refractivity contribution in [1.82, 2.24) is 4.90 Å². The third-order valence-electron chi connectivity index (χ3n) is 7.13. The number of β-amino-alcohol motifs (C(OH)–C–C–N with tert-alkyl or cyclic N) is 1. The summed E-state index contributed by atoms with van der Waals surface area (Å²) in [5, 5.41) is 11.7. The maximum absolute atomic E-state index is 14.1. The van der Waals surface area contributed by atoms with E-state index in [4.69, 9.17) is 21.1 Å². The Morgan fingerprint density at radius 3 is 2.73 bits per heavy atom. The second kappa shape index (κ2) is 14.8. The number of aliphatic hydroxyl groups excluding tert-OH is 1. The summed E-state index contributed by atoms with van der Waals surface area (Å²) >= 11 is 6.29. The van der Waals surface area contributed by atoms with Crippen molar-refractivity contribution in [3.05, 3.63) is 69.5 Å². The SMILES string of the molecule is CCOC(=O)CCc1ccc(F)cc1[C@@H](CC)OC[C@H](O)CN1CCC[C@H]1Cc1ccc(Cl)c(CC)c1. The van der Waals surface area contributed by atoms with Gasteiger partial charge in [0.2, 0.25) is 0 Å². The van der Waals surface area contributed by atoms with Gasteiger partial charge in [-0.05, 0) is 92.4 Å². The van der Waals surface area contributed by atoms with Gasteiger partial charge in [-0.25, -0.2) is 4.39 Å². The van der Waals surface area contributed by atoms with Crippen LogP contribution in [0.25, 0.3) is 0 Å². The van der Waals surface area contributed by atoms with E-state index < -0.39 is 6.10 Å². The topological polar surface area (TPSA) is 59.0 Å². The third kappa shape index (κ3) is 8.78. The first-order valence-corrected chi connectivity index (χ1v) is 14.0. The first-order chi connectivity index (χ1) is 17.8. The van der Waals surface area contributed by atoms with Crippen molar-refractivity contribution in [2.24, 2.45) is 0 Å². The zero-order chi connectivity index (χ0) is 26.8. The molecular weight excluding hydrogens is 493 g/mol. The molecule has 0 radical (unpaired) electrons. The minimum atomic E-state index is -0.650. The molecule has 1 fully saturated rings. The Bertz CT molecular complexity index is 1020. The van der Waals surface area contributed by atoms with Crippen LogP contribution in [-0.4, -0.2) is 54.4 Å². The summed E-state index contributed by atoms with van der Waals surface area (Å²) in [5.74, 6) is -0.613. The molecule has 2 aromatic rings. The second-order valence-corrected chi connectivity index (χ2v) is 10.2. The molecule has 204 valence electrons. The average molecular weight is 534 g/mol. The molecule has 3 rings (SSSR count). The van der Waals surface area contributed by atoms with Gasteiger partial charge < -0.3 is 14.6 Å². The Morgan fingerprint density at radius 2 is 2.00 bits per heavy atom. The van der Waals surface area contributed by atoms with Crippen molar-refractivity contribution in [3.63, 3.8) is 0 Å². The molecule has 3 atom stereocenters. The van der Waals surface area contributed by atoms with E-state index in [0.29, 0.717) is 32.0 Å². The number of esters is 1. The van der Waals surface area contributed by atoms with E-state index in [-0.39, 0.29) is 30.9 Å². The van der Waals surface area contributed by atoms with Gasteiger partial charge in [-0.3, -0.25) is 9.69 Å². The van der Waals surface area contributed by atoms with Gasteiger partial charge in [0.05, 0.1) is 25.4 Å². The van der Waals surface area contributed by atoms with Crippen molar-refractivity contribution < 1.29 is 23.8 Å². The minimum absolute atomic E-state index is 0.163. The van der Waals surface area contributed by atoms with Gasteiger partial charge in [0.25, 0.3) is 0 Å². The van der Waals surface area contributed by atoms with Crippen LogP contribution in [0, 0.1) is 5.82 Å². The highest BCUT2D eigenvalue weighted by Crippen LogP contribution is 2.28. The first-order valence-electron chi connectivity index (χ1n) is 13.6. The number of carbonyl (C=O) groups is 1. The Labute approximate surface area is 225 Å². The van der Waals surface area contributed by atoms with E-state index in [2.05, 4.69) is 24.0 Å². The standard InChI is InChI=1S/C30H41ClFNO4/c1-4-22-16-21(9-13-28(22)31)17-25-8-7-15-33(25)19-26(34)20-37-29(5-2)27-18-24(32)12-10-23(27)11-14-30(35)36-6-3/h9-10,12-13,16,18,25-26,29,34H,4-8,11,14-15,17,19-20H2,1-3H3/t25-,26+,29+/m0/s1. The number of halogens is 2. The number of aliphatic hydroxyl groups is 1. The van der Waals surface area contributed by atoms with Gasteiger partial charge in [-0.1, -0.05) is 43.6 Å². The van der Waals surface area contributed by atoms with Gasteiger partial charge in [-0.2, -0.15) is 0 Å². The Kier molecular flexibility index (Phi) is 11.8. The number of ether oxygens (including phenoxy) is 2. The highest BCUT2D eigenvalue weighted by Gasteiger charge is 2.27. The third-order valence-corrected chi connectivity index (χ3v) is 7.49. The minimum Gasteiger partial charge on any atom is -0.466 e. The highest BCUT2D eigenvalue weighted by molar-refractivity contribution is 6.31. The fourth-order valence-corrected chi connectivity index (χ4v) is 5.46. The number of hydrogen-bond donors (Lipinski definition) is 1. The molecule has 0 amide bonds. The summed E-state index contributed by atoms with van der Waals surface area (Å²) in [7, 11) is 0. The van der Waals surface area contributed by atoms with E-state index in [9.17, 15) is 14.3 Å². The fourth-order valence-electron chi connectivity index (χ4n) is 5.21. The van der Waals surface area contributed by atoms with Gasteiger partial charge in [-0.15, -0.1) is 0 Å². The normalized spacial score (nSPS) is 17.6. The lowest BCUT2D eigenvalue weighted by Gasteiger charge is -2.28. The van der Waals surface area contributed by atoms with Crippen LogP contribution >= 0.6 is 11.6 Å². The number of nitrogens with zero attached hydrogens (tertiary/aromatic N) is 1. The largest absolute Gasteiger partial charge is 0.466 e. The molecule has 1 heterocycles. The van der Waals surface area contributed by atoms with Crippen LogP contribution in [0.4, 0.5) is 4.39 Å². The lowest BCUT2D eigenvalue weighted by molar-refractivity contribution is -0.143. The van der Waals surface area contributed by atoms with Crippen molar-refractivity contribution >= 4 is 17.6 Å². The van der Waals surface area contributed by atoms with Crippen LogP contribution in [0.15, 0.2) is 36.4 Å². The molecule has 0 saturated carbocycles. The summed E-state index contributed by atoms with van der Waals surface area (Å²) in [6.45, 7) is 7.85. The lowest BCUT2D eigenvalue weighted by Crippen LogP contribution is -2.39. The fraction of sp³-hybridized carbons (Fsp3) is 0.567. The van der Waals surface area contributed by atoms with Crippen LogP contribution in [0.1, 0.15) is 74.8 Å². The second-order valence-electron chi connectivity index (χ2n) is 9.81. The predicted molar refractivity (Wildman–Crippen MR) is 145 cm³/mol. The number of carbonyl (C=O) groups excluding carboxylic acids is 1. The molecule has 7 heteroatoms. The molecule has 37 heavy (non-hydrogen) atoms. The number of rotatable bonds is 14. The predicted octanol–water partition coefficient (Wildman–Crippen LogP) is 6.07. The van der Waals surface area contributed by atoms with Crippen LogP contribution < -0.4 is 0 Å². The van der Waals surface area contributed by atoms with Gasteiger partial charge in [0, 0.05) is 24.0 Å². The Morgan fingerprint density at radius 1 is 1.19 bits per heavy atom. The molecule has 0 unspecified atom stereocenters. The molecule has 5 nitrogen and oxygen atoms in total. The van der Waals surface area contributed by atoms with Gasteiger partial charge in [0.15, 0.2) is 0 Å². The maximum atomic E-state index is 14.1. The number of likely N-dealkylation sites (tertiary alicyclic amines) is 1. The van der Waals surface area contributed by atoms with Crippen LogP contribution in [0.5, 0.6) is 0 Å². The van der Waals surface area contributed by atoms with E-state index in [1.54, 1.807) is 13.0 Å². The summed E-state index contributed by atoms with van der Waals surface area (Å²) in [4.78, 5) is 14.2.